The molecule has 0 aromatic heterocycles. The molecule has 1 aromatic carbocycles. The van der Waals surface area contributed by atoms with Crippen molar-refractivity contribution < 1.29 is 0 Å². The van der Waals surface area contributed by atoms with Gasteiger partial charge in [0.15, 0.2) is 0 Å². The first-order valence-corrected chi connectivity index (χ1v) is 6.97. The zero-order chi connectivity index (χ0) is 12.7. The molecule has 0 saturated carbocycles. The van der Waals surface area contributed by atoms with E-state index >= 15 is 0 Å². The van der Waals surface area contributed by atoms with Crippen LogP contribution in [0.25, 0.3) is 0 Å². The molecule has 0 amide bonds. The zero-order valence-electron chi connectivity index (χ0n) is 11.8. The monoisotopic (exact) mass is 233 g/mol. The third-order valence-corrected chi connectivity index (χ3v) is 3.54. The number of aryl methyl sites for hydroxylation is 1. The highest BCUT2D eigenvalue weighted by Crippen LogP contribution is 2.25. The van der Waals surface area contributed by atoms with E-state index in [-0.39, 0.29) is 0 Å². The van der Waals surface area contributed by atoms with Gasteiger partial charge in [-0.15, -0.1) is 0 Å². The molecule has 1 nitrogen and oxygen atoms in total. The quantitative estimate of drug-likeness (QED) is 0.732. The maximum atomic E-state index is 3.69. The molecule has 0 fully saturated rings. The van der Waals surface area contributed by atoms with Crippen LogP contribution >= 0.6 is 0 Å². The Morgan fingerprint density at radius 3 is 2.47 bits per heavy atom. The summed E-state index contributed by atoms with van der Waals surface area (Å²) in [6.45, 7) is 10.2. The fourth-order valence-electron chi connectivity index (χ4n) is 2.19. The van der Waals surface area contributed by atoms with Gasteiger partial charge >= 0.3 is 0 Å². The second-order valence-corrected chi connectivity index (χ2v) is 5.11. The Kier molecular flexibility index (Phi) is 6.28. The second kappa shape index (κ2) is 7.50. The molecular formula is C16H27N. The average molecular weight is 233 g/mol. The zero-order valence-corrected chi connectivity index (χ0v) is 11.8. The van der Waals surface area contributed by atoms with Crippen LogP contribution in [0.15, 0.2) is 24.3 Å². The number of benzene rings is 1. The van der Waals surface area contributed by atoms with Crippen LogP contribution < -0.4 is 5.32 Å². The molecule has 0 bridgehead atoms. The Morgan fingerprint density at radius 1 is 1.18 bits per heavy atom. The standard InChI is InChI=1S/C16H27N/c1-5-11-17-16(12-13(3)6-2)15-10-8-7-9-14(15)4/h7-10,13,16-17H,5-6,11-12H2,1-4H3. The summed E-state index contributed by atoms with van der Waals surface area (Å²) in [5, 5.41) is 3.69. The van der Waals surface area contributed by atoms with Crippen LogP contribution in [-0.2, 0) is 0 Å². The molecule has 1 aromatic rings. The number of nitrogens with one attached hydrogen (secondary N) is 1. The van der Waals surface area contributed by atoms with Crippen molar-refractivity contribution in [2.24, 2.45) is 5.92 Å². The molecule has 0 radical (unpaired) electrons. The van der Waals surface area contributed by atoms with Crippen molar-refractivity contribution in [1.29, 1.82) is 0 Å². The first-order chi connectivity index (χ1) is 8.19. The van der Waals surface area contributed by atoms with E-state index in [1.54, 1.807) is 0 Å². The highest BCUT2D eigenvalue weighted by Gasteiger charge is 2.15. The molecule has 0 aliphatic rings. The van der Waals surface area contributed by atoms with Gasteiger partial charge in [0, 0.05) is 6.04 Å². The summed E-state index contributed by atoms with van der Waals surface area (Å²) in [5.41, 5.74) is 2.88. The lowest BCUT2D eigenvalue weighted by Crippen LogP contribution is -2.24. The van der Waals surface area contributed by atoms with E-state index in [2.05, 4.69) is 57.3 Å². The van der Waals surface area contributed by atoms with Crippen LogP contribution in [-0.4, -0.2) is 6.54 Å². The molecule has 2 unspecified atom stereocenters. The van der Waals surface area contributed by atoms with E-state index in [0.29, 0.717) is 6.04 Å². The normalized spacial score (nSPS) is 14.6. The summed E-state index contributed by atoms with van der Waals surface area (Å²) in [7, 11) is 0. The van der Waals surface area contributed by atoms with Crippen molar-refractivity contribution in [2.75, 3.05) is 6.54 Å². The van der Waals surface area contributed by atoms with Crippen LogP contribution in [0.4, 0.5) is 0 Å². The molecule has 1 N–H and O–H groups in total. The Hall–Kier alpha value is -0.820. The van der Waals surface area contributed by atoms with E-state index in [1.807, 2.05) is 0 Å². The van der Waals surface area contributed by atoms with Gasteiger partial charge in [0.1, 0.15) is 0 Å². The van der Waals surface area contributed by atoms with Crippen molar-refractivity contribution in [3.63, 3.8) is 0 Å². The maximum Gasteiger partial charge on any atom is 0.0325 e. The molecule has 0 aliphatic carbocycles. The minimum absolute atomic E-state index is 0.520. The van der Waals surface area contributed by atoms with Gasteiger partial charge in [0.25, 0.3) is 0 Å². The fourth-order valence-corrected chi connectivity index (χ4v) is 2.19. The first kappa shape index (κ1) is 14.2. The molecule has 0 saturated heterocycles. The molecular weight excluding hydrogens is 206 g/mol. The molecule has 2 atom stereocenters. The van der Waals surface area contributed by atoms with Crippen molar-refractivity contribution in [3.05, 3.63) is 35.4 Å². The van der Waals surface area contributed by atoms with Gasteiger partial charge < -0.3 is 5.32 Å². The summed E-state index contributed by atoms with van der Waals surface area (Å²) < 4.78 is 0. The van der Waals surface area contributed by atoms with Gasteiger partial charge in [-0.05, 0) is 43.4 Å². The molecule has 0 spiro atoms. The van der Waals surface area contributed by atoms with Gasteiger partial charge in [-0.25, -0.2) is 0 Å². The van der Waals surface area contributed by atoms with Crippen LogP contribution in [0.1, 0.15) is 57.2 Å². The first-order valence-electron chi connectivity index (χ1n) is 6.97. The van der Waals surface area contributed by atoms with E-state index in [1.165, 1.54) is 30.4 Å². The predicted molar refractivity (Wildman–Crippen MR) is 76.3 cm³/mol. The highest BCUT2D eigenvalue weighted by molar-refractivity contribution is 5.28. The van der Waals surface area contributed by atoms with Crippen LogP contribution in [0.2, 0.25) is 0 Å². The smallest absolute Gasteiger partial charge is 0.0325 e. The predicted octanol–water partition coefficient (Wildman–Crippen LogP) is 4.47. The number of rotatable bonds is 7. The summed E-state index contributed by atoms with van der Waals surface area (Å²) in [4.78, 5) is 0. The van der Waals surface area contributed by atoms with E-state index < -0.39 is 0 Å². The molecule has 1 rings (SSSR count). The topological polar surface area (TPSA) is 12.0 Å². The number of hydrogen-bond acceptors (Lipinski definition) is 1. The van der Waals surface area contributed by atoms with E-state index in [0.717, 1.165) is 12.5 Å². The third kappa shape index (κ3) is 4.51. The maximum absolute atomic E-state index is 3.69. The van der Waals surface area contributed by atoms with E-state index in [4.69, 9.17) is 0 Å². The van der Waals surface area contributed by atoms with E-state index in [9.17, 15) is 0 Å². The van der Waals surface area contributed by atoms with Gasteiger partial charge in [-0.3, -0.25) is 0 Å². The lowest BCUT2D eigenvalue weighted by Gasteiger charge is -2.23. The Labute approximate surface area is 107 Å². The average Bonchev–Trinajstić information content (AvgIpc) is 2.35. The minimum atomic E-state index is 0.520. The lowest BCUT2D eigenvalue weighted by atomic mass is 9.92. The lowest BCUT2D eigenvalue weighted by molar-refractivity contribution is 0.401. The van der Waals surface area contributed by atoms with Crippen molar-refractivity contribution >= 4 is 0 Å². The molecule has 1 heteroatoms. The van der Waals surface area contributed by atoms with Gasteiger partial charge in [-0.1, -0.05) is 51.5 Å². The number of hydrogen-bond donors (Lipinski definition) is 1. The van der Waals surface area contributed by atoms with Crippen LogP contribution in [0.5, 0.6) is 0 Å². The minimum Gasteiger partial charge on any atom is -0.310 e. The summed E-state index contributed by atoms with van der Waals surface area (Å²) in [5.74, 6) is 0.781. The van der Waals surface area contributed by atoms with Gasteiger partial charge in [0.2, 0.25) is 0 Å². The second-order valence-electron chi connectivity index (χ2n) is 5.11. The van der Waals surface area contributed by atoms with Gasteiger partial charge in [0.05, 0.1) is 0 Å². The van der Waals surface area contributed by atoms with Crippen molar-refractivity contribution in [1.82, 2.24) is 5.32 Å². The Balaban J connectivity index is 2.78. The highest BCUT2D eigenvalue weighted by atomic mass is 14.9. The molecule has 17 heavy (non-hydrogen) atoms. The van der Waals surface area contributed by atoms with Crippen molar-refractivity contribution in [3.8, 4) is 0 Å². The molecule has 0 aliphatic heterocycles. The Bertz CT molecular complexity index is 319. The third-order valence-electron chi connectivity index (χ3n) is 3.54. The molecule has 96 valence electrons. The summed E-state index contributed by atoms with van der Waals surface area (Å²) in [6, 6.07) is 9.28. The van der Waals surface area contributed by atoms with Crippen LogP contribution in [0.3, 0.4) is 0 Å². The molecule has 0 heterocycles. The van der Waals surface area contributed by atoms with Crippen LogP contribution in [0, 0.1) is 12.8 Å². The van der Waals surface area contributed by atoms with Gasteiger partial charge in [-0.2, -0.15) is 0 Å². The Morgan fingerprint density at radius 2 is 1.88 bits per heavy atom. The summed E-state index contributed by atoms with van der Waals surface area (Å²) in [6.07, 6.45) is 3.69. The largest absolute Gasteiger partial charge is 0.310 e. The van der Waals surface area contributed by atoms with Crippen molar-refractivity contribution in [2.45, 2.75) is 53.0 Å². The summed E-state index contributed by atoms with van der Waals surface area (Å²) >= 11 is 0. The fraction of sp³-hybridized carbons (Fsp3) is 0.625. The SMILES string of the molecule is CCCNC(CC(C)CC)c1ccccc1C.